The lowest BCUT2D eigenvalue weighted by molar-refractivity contribution is 0.411. The van der Waals surface area contributed by atoms with E-state index in [0.717, 1.165) is 48.7 Å². The quantitative estimate of drug-likeness (QED) is 0.795. The molecule has 0 bridgehead atoms. The molecule has 5 nitrogen and oxygen atoms in total. The molecule has 122 valence electrons. The van der Waals surface area contributed by atoms with E-state index in [1.807, 2.05) is 30.5 Å². The zero-order valence-electron chi connectivity index (χ0n) is 13.4. The van der Waals surface area contributed by atoms with Crippen molar-refractivity contribution in [3.05, 3.63) is 53.3 Å². The number of nitrogens with zero attached hydrogens (tertiary/aromatic N) is 4. The summed E-state index contributed by atoms with van der Waals surface area (Å²) in [5.41, 5.74) is 3.04. The molecule has 0 atom stereocenters. The van der Waals surface area contributed by atoms with E-state index in [2.05, 4.69) is 37.2 Å². The van der Waals surface area contributed by atoms with E-state index >= 15 is 0 Å². The molecule has 1 aromatic carbocycles. The number of hydrogen-bond donors (Lipinski definition) is 1. The highest BCUT2D eigenvalue weighted by atomic mass is 32.1. The molecule has 24 heavy (non-hydrogen) atoms. The molecule has 1 saturated heterocycles. The van der Waals surface area contributed by atoms with Crippen LogP contribution in [0.4, 0.5) is 5.69 Å². The van der Waals surface area contributed by atoms with E-state index in [-0.39, 0.29) is 0 Å². The van der Waals surface area contributed by atoms with Crippen LogP contribution in [0.15, 0.2) is 42.0 Å². The van der Waals surface area contributed by atoms with Crippen LogP contribution >= 0.6 is 11.3 Å². The SMILES string of the molecule is N#Cc1ccccc1N1CCC(NCc2cnc3sccn23)CC1. The Kier molecular flexibility index (Phi) is 4.20. The molecule has 0 saturated carbocycles. The predicted molar refractivity (Wildman–Crippen MR) is 96.3 cm³/mol. The summed E-state index contributed by atoms with van der Waals surface area (Å²) in [7, 11) is 0. The minimum absolute atomic E-state index is 0.514. The van der Waals surface area contributed by atoms with E-state index in [0.29, 0.717) is 6.04 Å². The lowest BCUT2D eigenvalue weighted by atomic mass is 10.0. The number of anilines is 1. The lowest BCUT2D eigenvalue weighted by Gasteiger charge is -2.34. The summed E-state index contributed by atoms with van der Waals surface area (Å²) in [6.45, 7) is 2.81. The second kappa shape index (κ2) is 6.63. The van der Waals surface area contributed by atoms with Crippen molar-refractivity contribution in [2.75, 3.05) is 18.0 Å². The molecule has 6 heteroatoms. The normalized spacial score (nSPS) is 15.7. The molecule has 1 fully saturated rings. The molecule has 2 aromatic heterocycles. The van der Waals surface area contributed by atoms with Gasteiger partial charge in [0.25, 0.3) is 0 Å². The van der Waals surface area contributed by atoms with Gasteiger partial charge in [0.15, 0.2) is 4.96 Å². The van der Waals surface area contributed by atoms with Crippen molar-refractivity contribution < 1.29 is 0 Å². The Bertz CT molecular complexity index is 867. The first-order chi connectivity index (χ1) is 11.8. The van der Waals surface area contributed by atoms with Crippen LogP contribution in [-0.4, -0.2) is 28.5 Å². The molecule has 0 amide bonds. The first-order valence-corrected chi connectivity index (χ1v) is 9.10. The number of piperidine rings is 1. The van der Waals surface area contributed by atoms with Gasteiger partial charge in [-0.15, -0.1) is 11.3 Å². The van der Waals surface area contributed by atoms with Crippen LogP contribution in [0.3, 0.4) is 0 Å². The van der Waals surface area contributed by atoms with E-state index in [1.165, 1.54) is 5.69 Å². The molecule has 0 radical (unpaired) electrons. The monoisotopic (exact) mass is 337 g/mol. The van der Waals surface area contributed by atoms with Gasteiger partial charge in [0.1, 0.15) is 6.07 Å². The zero-order chi connectivity index (χ0) is 16.4. The van der Waals surface area contributed by atoms with Crippen LogP contribution < -0.4 is 10.2 Å². The van der Waals surface area contributed by atoms with E-state index < -0.39 is 0 Å². The predicted octanol–water partition coefficient (Wildman–Crippen LogP) is 3.03. The Balaban J connectivity index is 1.35. The third-order valence-corrected chi connectivity index (χ3v) is 5.43. The average molecular weight is 337 g/mol. The van der Waals surface area contributed by atoms with Crippen molar-refractivity contribution in [3.8, 4) is 6.07 Å². The van der Waals surface area contributed by atoms with Crippen LogP contribution in [0.25, 0.3) is 4.96 Å². The van der Waals surface area contributed by atoms with Gasteiger partial charge in [-0.2, -0.15) is 5.26 Å². The summed E-state index contributed by atoms with van der Waals surface area (Å²) in [6, 6.07) is 10.7. The summed E-state index contributed by atoms with van der Waals surface area (Å²) < 4.78 is 2.15. The average Bonchev–Trinajstić information content (AvgIpc) is 3.24. The molecule has 1 aliphatic heterocycles. The van der Waals surface area contributed by atoms with Crippen LogP contribution in [0, 0.1) is 11.3 Å². The van der Waals surface area contributed by atoms with Gasteiger partial charge in [-0.3, -0.25) is 4.40 Å². The van der Waals surface area contributed by atoms with Gasteiger partial charge in [0, 0.05) is 37.3 Å². The fourth-order valence-electron chi connectivity index (χ4n) is 3.32. The highest BCUT2D eigenvalue weighted by molar-refractivity contribution is 7.15. The fourth-order valence-corrected chi connectivity index (χ4v) is 4.03. The van der Waals surface area contributed by atoms with Gasteiger partial charge in [-0.05, 0) is 25.0 Å². The second-order valence-electron chi connectivity index (χ2n) is 6.08. The number of nitrogens with one attached hydrogen (secondary N) is 1. The fraction of sp³-hybridized carbons (Fsp3) is 0.333. The third-order valence-electron chi connectivity index (χ3n) is 4.65. The summed E-state index contributed by atoms with van der Waals surface area (Å²) in [4.78, 5) is 7.79. The number of benzene rings is 1. The Hall–Kier alpha value is -2.36. The van der Waals surface area contributed by atoms with Crippen LogP contribution in [-0.2, 0) is 6.54 Å². The summed E-state index contributed by atoms with van der Waals surface area (Å²) in [5.74, 6) is 0. The molecule has 4 rings (SSSR count). The number of imidazole rings is 1. The first-order valence-electron chi connectivity index (χ1n) is 8.22. The van der Waals surface area contributed by atoms with Gasteiger partial charge in [0.2, 0.25) is 0 Å². The zero-order valence-corrected chi connectivity index (χ0v) is 14.2. The molecule has 0 spiro atoms. The maximum Gasteiger partial charge on any atom is 0.193 e. The van der Waals surface area contributed by atoms with Crippen LogP contribution in [0.1, 0.15) is 24.1 Å². The maximum absolute atomic E-state index is 9.26. The number of fused-ring (bicyclic) bond motifs is 1. The van der Waals surface area contributed by atoms with Gasteiger partial charge in [-0.1, -0.05) is 12.1 Å². The molecule has 0 aliphatic carbocycles. The molecular weight excluding hydrogens is 318 g/mol. The van der Waals surface area contributed by atoms with Crippen LogP contribution in [0.2, 0.25) is 0 Å². The standard InChI is InChI=1S/C18H19N5S/c19-11-14-3-1-2-4-17(14)22-7-5-15(6-8-22)20-12-16-13-21-18-23(16)9-10-24-18/h1-4,9-10,13,15,20H,5-8,12H2. The maximum atomic E-state index is 9.26. The first kappa shape index (κ1) is 15.2. The minimum atomic E-state index is 0.514. The highest BCUT2D eigenvalue weighted by Gasteiger charge is 2.21. The van der Waals surface area contributed by atoms with Crippen molar-refractivity contribution in [1.82, 2.24) is 14.7 Å². The van der Waals surface area contributed by atoms with Crippen molar-refractivity contribution in [1.29, 1.82) is 5.26 Å². The molecule has 3 aromatic rings. The summed E-state index contributed by atoms with van der Waals surface area (Å²) in [6.07, 6.45) is 6.21. The third kappa shape index (κ3) is 2.88. The van der Waals surface area contributed by atoms with E-state index in [1.54, 1.807) is 11.3 Å². The molecule has 1 aliphatic rings. The van der Waals surface area contributed by atoms with Crippen molar-refractivity contribution in [3.63, 3.8) is 0 Å². The minimum Gasteiger partial charge on any atom is -0.370 e. The number of thiazole rings is 1. The Morgan fingerprint density at radius 1 is 1.29 bits per heavy atom. The number of rotatable bonds is 4. The van der Waals surface area contributed by atoms with Crippen LogP contribution in [0.5, 0.6) is 0 Å². The highest BCUT2D eigenvalue weighted by Crippen LogP contribution is 2.23. The number of para-hydroxylation sites is 1. The Morgan fingerprint density at radius 3 is 2.96 bits per heavy atom. The molecule has 3 heterocycles. The van der Waals surface area contributed by atoms with Crippen molar-refractivity contribution in [2.24, 2.45) is 0 Å². The molecule has 0 unspecified atom stereocenters. The number of hydrogen-bond acceptors (Lipinski definition) is 5. The second-order valence-corrected chi connectivity index (χ2v) is 6.95. The van der Waals surface area contributed by atoms with E-state index in [9.17, 15) is 5.26 Å². The van der Waals surface area contributed by atoms with Gasteiger partial charge >= 0.3 is 0 Å². The van der Waals surface area contributed by atoms with Crippen molar-refractivity contribution in [2.45, 2.75) is 25.4 Å². The summed E-state index contributed by atoms with van der Waals surface area (Å²) in [5, 5.41) is 15.0. The Labute approximate surface area is 145 Å². The summed E-state index contributed by atoms with van der Waals surface area (Å²) >= 11 is 1.66. The smallest absolute Gasteiger partial charge is 0.193 e. The number of aromatic nitrogens is 2. The van der Waals surface area contributed by atoms with Gasteiger partial charge in [-0.25, -0.2) is 4.98 Å². The number of nitriles is 1. The molecule has 1 N–H and O–H groups in total. The molecular formula is C18H19N5S. The topological polar surface area (TPSA) is 56.4 Å². The Morgan fingerprint density at radius 2 is 2.12 bits per heavy atom. The van der Waals surface area contributed by atoms with Gasteiger partial charge in [0.05, 0.1) is 23.1 Å². The lowest BCUT2D eigenvalue weighted by Crippen LogP contribution is -2.42. The largest absolute Gasteiger partial charge is 0.370 e. The van der Waals surface area contributed by atoms with E-state index in [4.69, 9.17) is 0 Å². The van der Waals surface area contributed by atoms with Crippen molar-refractivity contribution >= 4 is 22.0 Å². The van der Waals surface area contributed by atoms with Gasteiger partial charge < -0.3 is 10.2 Å².